The van der Waals surface area contributed by atoms with E-state index in [2.05, 4.69) is 0 Å². The van der Waals surface area contributed by atoms with Crippen LogP contribution in [0.15, 0.2) is 0 Å². The number of methoxy groups -OCH3 is 1. The van der Waals surface area contributed by atoms with Crippen molar-refractivity contribution in [2.24, 2.45) is 0 Å². The van der Waals surface area contributed by atoms with Crippen molar-refractivity contribution in [2.75, 3.05) is 20.3 Å². The summed E-state index contributed by atoms with van der Waals surface area (Å²) in [6.07, 6.45) is -14.3. The third kappa shape index (κ3) is 3.71. The second-order valence-electron chi connectivity index (χ2n) is 5.74. The summed E-state index contributed by atoms with van der Waals surface area (Å²) >= 11 is 0. The molecule has 7 N–H and O–H groups in total. The summed E-state index contributed by atoms with van der Waals surface area (Å²) < 4.78 is 20.6. The van der Waals surface area contributed by atoms with E-state index in [1.807, 2.05) is 0 Å². The fourth-order valence-corrected chi connectivity index (χ4v) is 2.75. The minimum Gasteiger partial charge on any atom is -0.394 e. The van der Waals surface area contributed by atoms with Gasteiger partial charge in [-0.3, -0.25) is 0 Å². The molecule has 11 heteroatoms. The molecule has 0 aliphatic carbocycles. The Balaban J connectivity index is 2.12. The summed E-state index contributed by atoms with van der Waals surface area (Å²) in [5.41, 5.74) is 0. The highest BCUT2D eigenvalue weighted by Gasteiger charge is 2.50. The smallest absolute Gasteiger partial charge is 0.187 e. The van der Waals surface area contributed by atoms with Gasteiger partial charge in [-0.15, -0.1) is 0 Å². The zero-order chi connectivity index (χ0) is 18.0. The van der Waals surface area contributed by atoms with Crippen molar-refractivity contribution < 1.29 is 54.7 Å². The summed E-state index contributed by atoms with van der Waals surface area (Å²) in [5.74, 6) is 0. The Labute approximate surface area is 137 Å². The molecule has 0 radical (unpaired) electrons. The molecule has 2 aliphatic heterocycles. The summed E-state index contributed by atoms with van der Waals surface area (Å²) in [7, 11) is 1.24. The van der Waals surface area contributed by atoms with E-state index in [-0.39, 0.29) is 0 Å². The van der Waals surface area contributed by atoms with Gasteiger partial charge in [0, 0.05) is 7.11 Å². The molecule has 0 unspecified atom stereocenters. The van der Waals surface area contributed by atoms with Gasteiger partial charge in [0.1, 0.15) is 48.8 Å². The number of aliphatic hydroxyl groups is 7. The quantitative estimate of drug-likeness (QED) is 0.251. The van der Waals surface area contributed by atoms with Crippen LogP contribution in [0, 0.1) is 0 Å². The average molecular weight is 356 g/mol. The van der Waals surface area contributed by atoms with E-state index in [1.165, 1.54) is 7.11 Å². The predicted octanol–water partition coefficient (Wildman–Crippen LogP) is -4.74. The molecule has 2 fully saturated rings. The van der Waals surface area contributed by atoms with Crippen LogP contribution in [0.25, 0.3) is 0 Å². The van der Waals surface area contributed by atoms with Crippen molar-refractivity contribution in [2.45, 2.75) is 61.4 Å². The van der Waals surface area contributed by atoms with Crippen molar-refractivity contribution in [1.82, 2.24) is 0 Å². The lowest BCUT2D eigenvalue weighted by atomic mass is 9.97. The van der Waals surface area contributed by atoms with Crippen molar-refractivity contribution in [3.63, 3.8) is 0 Å². The van der Waals surface area contributed by atoms with Gasteiger partial charge < -0.3 is 54.7 Å². The van der Waals surface area contributed by atoms with E-state index in [1.54, 1.807) is 0 Å². The SMILES string of the molecule is CO[C@@H]1O[C@H](CO)[C@@H](O[C@H]2O[C@H](CO)[C@@H](O)[C@H](O)[C@H]2O)[C@H](O)[C@H]1O. The zero-order valence-electron chi connectivity index (χ0n) is 13.0. The molecule has 10 atom stereocenters. The van der Waals surface area contributed by atoms with Gasteiger partial charge in [0.25, 0.3) is 0 Å². The second-order valence-corrected chi connectivity index (χ2v) is 5.74. The van der Waals surface area contributed by atoms with Crippen molar-refractivity contribution >= 4 is 0 Å². The number of hydrogen-bond donors (Lipinski definition) is 7. The molecule has 0 amide bonds. The van der Waals surface area contributed by atoms with Crippen LogP contribution in [0.4, 0.5) is 0 Å². The first kappa shape index (κ1) is 19.9. The number of aliphatic hydroxyl groups excluding tert-OH is 7. The minimum absolute atomic E-state index is 0.592. The predicted molar refractivity (Wildman–Crippen MR) is 73.4 cm³/mol. The molecule has 2 rings (SSSR count). The molecular formula is C13H24O11. The highest BCUT2D eigenvalue weighted by molar-refractivity contribution is 4.93. The van der Waals surface area contributed by atoms with E-state index >= 15 is 0 Å². The van der Waals surface area contributed by atoms with Crippen LogP contribution in [-0.2, 0) is 18.9 Å². The average Bonchev–Trinajstić information content (AvgIpc) is 2.59. The van der Waals surface area contributed by atoms with Gasteiger partial charge in [-0.2, -0.15) is 0 Å². The lowest BCUT2D eigenvalue weighted by Crippen LogP contribution is -2.64. The summed E-state index contributed by atoms with van der Waals surface area (Å²) in [6.45, 7) is -1.24. The Morgan fingerprint density at radius 1 is 0.708 bits per heavy atom. The van der Waals surface area contributed by atoms with E-state index in [4.69, 9.17) is 24.1 Å². The maximum absolute atomic E-state index is 10.2. The lowest BCUT2D eigenvalue weighted by molar-refractivity contribution is -0.357. The summed E-state index contributed by atoms with van der Waals surface area (Å²) in [4.78, 5) is 0. The molecule has 2 saturated heterocycles. The van der Waals surface area contributed by atoms with Crippen LogP contribution in [0.5, 0.6) is 0 Å². The van der Waals surface area contributed by atoms with Gasteiger partial charge in [0.2, 0.25) is 0 Å². The van der Waals surface area contributed by atoms with Crippen LogP contribution < -0.4 is 0 Å². The van der Waals surface area contributed by atoms with Gasteiger partial charge >= 0.3 is 0 Å². The largest absolute Gasteiger partial charge is 0.394 e. The summed E-state index contributed by atoms with van der Waals surface area (Å²) in [5, 5.41) is 68.0. The Kier molecular flexibility index (Phi) is 6.87. The van der Waals surface area contributed by atoms with Gasteiger partial charge in [-0.25, -0.2) is 0 Å². The molecule has 0 bridgehead atoms. The molecule has 2 aliphatic rings. The van der Waals surface area contributed by atoms with Crippen molar-refractivity contribution in [3.05, 3.63) is 0 Å². The van der Waals surface area contributed by atoms with Gasteiger partial charge in [0.15, 0.2) is 12.6 Å². The zero-order valence-corrected chi connectivity index (χ0v) is 13.0. The Bertz CT molecular complexity index is 392. The number of rotatable bonds is 5. The molecule has 0 aromatic rings. The highest BCUT2D eigenvalue weighted by Crippen LogP contribution is 2.29. The first-order valence-corrected chi connectivity index (χ1v) is 7.46. The molecule has 0 aromatic carbocycles. The Hall–Kier alpha value is -0.440. The van der Waals surface area contributed by atoms with E-state index in [0.717, 1.165) is 0 Å². The standard InChI is InChI=1S/C13H24O11/c1-21-12-10(20)8(18)11(5(3-15)23-12)24-13-9(19)7(17)6(16)4(2-14)22-13/h4-20H,2-3H2,1H3/t4-,5-,6-,7+,8-,9-,10-,11-,12-,13-/m1/s1. The Morgan fingerprint density at radius 2 is 1.25 bits per heavy atom. The number of hydrogen-bond acceptors (Lipinski definition) is 11. The van der Waals surface area contributed by atoms with Gasteiger partial charge in [0.05, 0.1) is 13.2 Å². The second kappa shape index (κ2) is 8.29. The van der Waals surface area contributed by atoms with Crippen LogP contribution in [0.1, 0.15) is 0 Å². The lowest BCUT2D eigenvalue weighted by Gasteiger charge is -2.45. The van der Waals surface area contributed by atoms with Crippen LogP contribution in [-0.4, -0.2) is 117 Å². The molecule has 24 heavy (non-hydrogen) atoms. The summed E-state index contributed by atoms with van der Waals surface area (Å²) in [6, 6.07) is 0. The van der Waals surface area contributed by atoms with Crippen LogP contribution in [0.3, 0.4) is 0 Å². The fourth-order valence-electron chi connectivity index (χ4n) is 2.75. The van der Waals surface area contributed by atoms with E-state index in [9.17, 15) is 30.6 Å². The van der Waals surface area contributed by atoms with Crippen molar-refractivity contribution in [3.8, 4) is 0 Å². The maximum atomic E-state index is 10.2. The number of ether oxygens (including phenoxy) is 4. The minimum atomic E-state index is -1.69. The monoisotopic (exact) mass is 356 g/mol. The van der Waals surface area contributed by atoms with Crippen LogP contribution in [0.2, 0.25) is 0 Å². The maximum Gasteiger partial charge on any atom is 0.187 e. The molecule has 0 spiro atoms. The molecule has 11 nitrogen and oxygen atoms in total. The Morgan fingerprint density at radius 3 is 1.79 bits per heavy atom. The molecule has 2 heterocycles. The molecular weight excluding hydrogens is 332 g/mol. The molecule has 0 saturated carbocycles. The van der Waals surface area contributed by atoms with E-state index < -0.39 is 74.6 Å². The highest BCUT2D eigenvalue weighted by atomic mass is 16.7. The third-order valence-corrected chi connectivity index (χ3v) is 4.19. The third-order valence-electron chi connectivity index (χ3n) is 4.19. The first-order valence-electron chi connectivity index (χ1n) is 7.46. The van der Waals surface area contributed by atoms with Gasteiger partial charge in [-0.1, -0.05) is 0 Å². The topological polar surface area (TPSA) is 179 Å². The van der Waals surface area contributed by atoms with Crippen molar-refractivity contribution in [1.29, 1.82) is 0 Å². The van der Waals surface area contributed by atoms with E-state index in [0.29, 0.717) is 0 Å². The molecule has 142 valence electrons. The fraction of sp³-hybridized carbons (Fsp3) is 1.00. The molecule has 0 aromatic heterocycles. The van der Waals surface area contributed by atoms with Gasteiger partial charge in [-0.05, 0) is 0 Å². The van der Waals surface area contributed by atoms with Crippen LogP contribution >= 0.6 is 0 Å². The normalized spacial score (nSPS) is 50.0. The first-order chi connectivity index (χ1) is 11.3.